The second-order valence-corrected chi connectivity index (χ2v) is 17.5. The number of halogens is 2. The van der Waals surface area contributed by atoms with Crippen molar-refractivity contribution in [3.8, 4) is 0 Å². The fraction of sp³-hybridized carbons (Fsp3) is 0.143. The standard InChI is InChI=1S/C42H34Cl2Si.Zr/c1-25-21-23-35(33-17-7-5-13-29(25)33)39-27(3)31-15-9-11-19-37(31)41(39,43)45-42(44)38-20-12-10-16-32(38)28(4)40(42)36-24-22-26(2)30-14-6-8-18-34(30)36;/h5-24H,45H2,1-4H3;. The summed E-state index contributed by atoms with van der Waals surface area (Å²) in [5.74, 6) is 0. The van der Waals surface area contributed by atoms with Gasteiger partial charge >= 0.3 is 0 Å². The number of fused-ring (bicyclic) bond motifs is 4. The summed E-state index contributed by atoms with van der Waals surface area (Å²) < 4.78 is -1.46. The maximum Gasteiger partial charge on any atom is 0.0932 e. The second kappa shape index (κ2) is 11.6. The Morgan fingerprint density at radius 3 is 1.17 bits per heavy atom. The molecule has 2 aliphatic carbocycles. The van der Waals surface area contributed by atoms with Gasteiger partial charge in [-0.1, -0.05) is 121 Å². The Hall–Kier alpha value is -3.00. The summed E-state index contributed by atoms with van der Waals surface area (Å²) in [6, 6.07) is 44.0. The monoisotopic (exact) mass is 726 g/mol. The molecule has 0 N–H and O–H groups in total. The summed E-state index contributed by atoms with van der Waals surface area (Å²) in [6.07, 6.45) is 0. The second-order valence-electron chi connectivity index (χ2n) is 12.8. The van der Waals surface area contributed by atoms with E-state index in [0.29, 0.717) is 0 Å². The topological polar surface area (TPSA) is 0 Å². The summed E-state index contributed by atoms with van der Waals surface area (Å²) in [5, 5.41) is 5.01. The fourth-order valence-corrected chi connectivity index (χ4v) is 13.5. The molecule has 0 bridgehead atoms. The van der Waals surface area contributed by atoms with Crippen LogP contribution in [0, 0.1) is 13.8 Å². The molecule has 0 spiro atoms. The van der Waals surface area contributed by atoms with E-state index < -0.39 is 18.5 Å². The SMILES string of the molecule is CC1=C(c2ccc(C)c3ccccc23)C(Cl)([SiH2]C2(Cl)C(c3ccc(C)c4ccccc34)=C(C)c3ccccc32)c2ccccc21.[Zr]. The van der Waals surface area contributed by atoms with Crippen LogP contribution in [-0.4, -0.2) is 9.52 Å². The van der Waals surface area contributed by atoms with Crippen molar-refractivity contribution < 1.29 is 26.2 Å². The van der Waals surface area contributed by atoms with Crippen LogP contribution in [-0.2, 0) is 35.2 Å². The molecule has 224 valence electrons. The molecule has 8 rings (SSSR count). The number of alkyl halides is 2. The van der Waals surface area contributed by atoms with Gasteiger partial charge in [-0.15, -0.1) is 23.2 Å². The first kappa shape index (κ1) is 31.6. The van der Waals surface area contributed by atoms with Gasteiger partial charge in [-0.2, -0.15) is 0 Å². The predicted molar refractivity (Wildman–Crippen MR) is 199 cm³/mol. The van der Waals surface area contributed by atoms with Crippen LogP contribution < -0.4 is 0 Å². The van der Waals surface area contributed by atoms with E-state index in [4.69, 9.17) is 23.2 Å². The van der Waals surface area contributed by atoms with Gasteiger partial charge in [0.05, 0.1) is 18.5 Å². The minimum atomic E-state index is -1.43. The molecule has 0 saturated carbocycles. The largest absolute Gasteiger partial charge is 0.113 e. The van der Waals surface area contributed by atoms with E-state index in [1.165, 1.54) is 88.3 Å². The third kappa shape index (κ3) is 4.48. The molecule has 0 heterocycles. The Labute approximate surface area is 303 Å². The van der Waals surface area contributed by atoms with Gasteiger partial charge in [0.15, 0.2) is 0 Å². The van der Waals surface area contributed by atoms with Crippen LogP contribution in [0.5, 0.6) is 0 Å². The van der Waals surface area contributed by atoms with Crippen molar-refractivity contribution in [3.63, 3.8) is 0 Å². The van der Waals surface area contributed by atoms with Crippen molar-refractivity contribution in [2.45, 2.75) is 36.7 Å². The van der Waals surface area contributed by atoms with Crippen molar-refractivity contribution >= 4 is 76.6 Å². The first-order valence-corrected chi connectivity index (χ1v) is 17.9. The van der Waals surface area contributed by atoms with E-state index in [1.807, 2.05) is 0 Å². The Morgan fingerprint density at radius 1 is 0.413 bits per heavy atom. The normalized spacial score (nSPS) is 20.6. The number of rotatable bonds is 4. The summed E-state index contributed by atoms with van der Waals surface area (Å²) >= 11 is 16.6. The van der Waals surface area contributed by atoms with Gasteiger partial charge < -0.3 is 0 Å². The van der Waals surface area contributed by atoms with Gasteiger partial charge in [0, 0.05) is 26.2 Å². The zero-order valence-electron chi connectivity index (χ0n) is 26.5. The molecule has 0 aliphatic heterocycles. The Morgan fingerprint density at radius 2 is 0.761 bits per heavy atom. The number of hydrogen-bond donors (Lipinski definition) is 0. The Balaban J connectivity index is 0.00000338. The summed E-state index contributed by atoms with van der Waals surface area (Å²) in [5.41, 5.74) is 14.7. The number of aryl methyl sites for hydroxylation is 2. The molecule has 0 aromatic heterocycles. The van der Waals surface area contributed by atoms with Crippen LogP contribution in [0.2, 0.25) is 0 Å². The Kier molecular flexibility index (Phi) is 7.97. The third-order valence-corrected chi connectivity index (χ3v) is 14.4. The van der Waals surface area contributed by atoms with Crippen molar-refractivity contribution in [1.29, 1.82) is 0 Å². The fourth-order valence-electron chi connectivity index (χ4n) is 8.31. The Bertz CT molecular complexity index is 2120. The summed E-state index contributed by atoms with van der Waals surface area (Å²) in [7, 11) is -1.43. The minimum absolute atomic E-state index is 0. The van der Waals surface area contributed by atoms with Crippen molar-refractivity contribution in [3.05, 3.63) is 166 Å². The molecule has 4 heteroatoms. The molecule has 2 aliphatic rings. The molecule has 0 radical (unpaired) electrons. The van der Waals surface area contributed by atoms with E-state index in [1.54, 1.807) is 0 Å². The van der Waals surface area contributed by atoms with Crippen molar-refractivity contribution in [1.82, 2.24) is 0 Å². The van der Waals surface area contributed by atoms with Crippen LogP contribution in [0.15, 0.2) is 121 Å². The first-order chi connectivity index (χ1) is 21.7. The van der Waals surface area contributed by atoms with Crippen LogP contribution in [0.4, 0.5) is 0 Å². The molecule has 6 aromatic rings. The van der Waals surface area contributed by atoms with E-state index in [9.17, 15) is 0 Å². The van der Waals surface area contributed by atoms with Gasteiger partial charge in [-0.05, 0) is 116 Å². The number of hydrogen-bond acceptors (Lipinski definition) is 0. The van der Waals surface area contributed by atoms with E-state index in [-0.39, 0.29) is 26.2 Å². The molecule has 0 saturated heterocycles. The molecule has 0 amide bonds. The third-order valence-electron chi connectivity index (χ3n) is 10.4. The first-order valence-electron chi connectivity index (χ1n) is 15.7. The molecule has 2 atom stereocenters. The molecule has 6 aromatic carbocycles. The van der Waals surface area contributed by atoms with Crippen LogP contribution >= 0.6 is 23.2 Å². The van der Waals surface area contributed by atoms with E-state index in [2.05, 4.69) is 149 Å². The molecular weight excluding hydrogens is 695 g/mol. The van der Waals surface area contributed by atoms with Gasteiger partial charge in [-0.3, -0.25) is 0 Å². The quantitative estimate of drug-likeness (QED) is 0.125. The maximum absolute atomic E-state index is 8.31. The molecule has 2 unspecified atom stereocenters. The average Bonchev–Trinajstić information content (AvgIpc) is 3.41. The minimum Gasteiger partial charge on any atom is -0.113 e. The van der Waals surface area contributed by atoms with Gasteiger partial charge in [0.25, 0.3) is 0 Å². The summed E-state index contributed by atoms with van der Waals surface area (Å²) in [4.78, 5) is 0. The molecule has 0 nitrogen and oxygen atoms in total. The zero-order chi connectivity index (χ0) is 31.1. The van der Waals surface area contributed by atoms with Crippen LogP contribution in [0.3, 0.4) is 0 Å². The van der Waals surface area contributed by atoms with Gasteiger partial charge in [-0.25, -0.2) is 0 Å². The van der Waals surface area contributed by atoms with E-state index >= 15 is 0 Å². The maximum atomic E-state index is 8.31. The molecule has 0 fully saturated rings. The summed E-state index contributed by atoms with van der Waals surface area (Å²) in [6.45, 7) is 8.88. The van der Waals surface area contributed by atoms with Gasteiger partial charge in [0.1, 0.15) is 0 Å². The van der Waals surface area contributed by atoms with Crippen LogP contribution in [0.25, 0.3) is 43.8 Å². The predicted octanol–water partition coefficient (Wildman–Crippen LogP) is 11.1. The zero-order valence-corrected chi connectivity index (χ0v) is 31.9. The molecular formula is C42H34Cl2SiZr. The van der Waals surface area contributed by atoms with Crippen molar-refractivity contribution in [2.75, 3.05) is 0 Å². The van der Waals surface area contributed by atoms with Gasteiger partial charge in [0.2, 0.25) is 0 Å². The molecule has 46 heavy (non-hydrogen) atoms. The van der Waals surface area contributed by atoms with Crippen molar-refractivity contribution in [2.24, 2.45) is 0 Å². The number of benzene rings is 6. The average molecular weight is 729 g/mol. The van der Waals surface area contributed by atoms with E-state index in [0.717, 1.165) is 0 Å². The van der Waals surface area contributed by atoms with Crippen LogP contribution in [0.1, 0.15) is 58.4 Å². The number of allylic oxidation sites excluding steroid dienone is 4. The smallest absolute Gasteiger partial charge is 0.0932 e.